The summed E-state index contributed by atoms with van der Waals surface area (Å²) >= 11 is 1.77. The zero-order valence-corrected chi connectivity index (χ0v) is 29.2. The standard InChI is InChI=1S/C49H28N2OS/c1-2-14-31-29(13-1)27-37(33-16-4-3-15-32(31)33)48-50-45(47-46(51-48)35-18-6-12-24-44(35)53-47)30-25-26-39-36(28-30)34-17-5-7-19-38(34)49(39)40-20-8-10-22-42(40)52-43-23-11-9-21-41(43)49/h1-28H. The molecule has 0 saturated heterocycles. The number of aromatic nitrogens is 2. The molecule has 10 aromatic rings. The van der Waals surface area contributed by atoms with E-state index in [0.29, 0.717) is 0 Å². The molecule has 0 bridgehead atoms. The fraction of sp³-hybridized carbons (Fsp3) is 0.0204. The second-order valence-corrected chi connectivity index (χ2v) is 15.1. The van der Waals surface area contributed by atoms with Crippen molar-refractivity contribution in [2.45, 2.75) is 5.41 Å². The van der Waals surface area contributed by atoms with Gasteiger partial charge in [0, 0.05) is 32.3 Å². The lowest BCUT2D eigenvalue weighted by Crippen LogP contribution is -2.32. The number of nitrogens with zero attached hydrogens (tertiary/aromatic N) is 2. The largest absolute Gasteiger partial charge is 0.457 e. The number of hydrogen-bond donors (Lipinski definition) is 0. The molecule has 0 atom stereocenters. The molecule has 1 aliphatic heterocycles. The number of benzene rings is 8. The molecule has 3 heterocycles. The highest BCUT2D eigenvalue weighted by Crippen LogP contribution is 2.62. The molecule has 0 saturated carbocycles. The molecule has 8 aromatic carbocycles. The first-order valence-corrected chi connectivity index (χ1v) is 18.8. The van der Waals surface area contributed by atoms with Gasteiger partial charge < -0.3 is 4.74 Å². The lowest BCUT2D eigenvalue weighted by Gasteiger charge is -2.39. The van der Waals surface area contributed by atoms with Gasteiger partial charge in [-0.1, -0.05) is 140 Å². The highest BCUT2D eigenvalue weighted by Gasteiger charge is 2.51. The first-order valence-electron chi connectivity index (χ1n) is 18.0. The molecule has 2 aliphatic rings. The summed E-state index contributed by atoms with van der Waals surface area (Å²) in [4.78, 5) is 10.9. The van der Waals surface area contributed by atoms with E-state index in [0.717, 1.165) is 66.3 Å². The highest BCUT2D eigenvalue weighted by molar-refractivity contribution is 7.26. The molecule has 246 valence electrons. The molecular formula is C49H28N2OS. The van der Waals surface area contributed by atoms with E-state index in [1.54, 1.807) is 11.3 Å². The third-order valence-corrected chi connectivity index (χ3v) is 12.5. The van der Waals surface area contributed by atoms with Crippen LogP contribution in [0.1, 0.15) is 22.3 Å². The minimum absolute atomic E-state index is 0.510. The van der Waals surface area contributed by atoms with Crippen molar-refractivity contribution in [3.8, 4) is 45.3 Å². The van der Waals surface area contributed by atoms with Crippen LogP contribution in [0.2, 0.25) is 0 Å². The lowest BCUT2D eigenvalue weighted by atomic mass is 9.66. The molecule has 2 aromatic heterocycles. The topological polar surface area (TPSA) is 35.0 Å². The Morgan fingerprint density at radius 1 is 0.453 bits per heavy atom. The maximum atomic E-state index is 6.56. The Bertz CT molecular complexity index is 3130. The van der Waals surface area contributed by atoms with Crippen molar-refractivity contribution in [3.05, 3.63) is 192 Å². The maximum Gasteiger partial charge on any atom is 0.161 e. The van der Waals surface area contributed by atoms with Gasteiger partial charge in [0.1, 0.15) is 11.5 Å². The van der Waals surface area contributed by atoms with Gasteiger partial charge in [0.2, 0.25) is 0 Å². The summed E-state index contributed by atoms with van der Waals surface area (Å²) in [5, 5.41) is 5.92. The Labute approximate surface area is 309 Å². The predicted molar refractivity (Wildman–Crippen MR) is 218 cm³/mol. The van der Waals surface area contributed by atoms with Crippen LogP contribution in [0, 0.1) is 0 Å². The summed E-state index contributed by atoms with van der Waals surface area (Å²) in [5.74, 6) is 2.53. The van der Waals surface area contributed by atoms with Crippen LogP contribution in [-0.4, -0.2) is 9.97 Å². The minimum Gasteiger partial charge on any atom is -0.457 e. The van der Waals surface area contributed by atoms with Crippen molar-refractivity contribution in [1.29, 1.82) is 0 Å². The molecule has 3 nitrogen and oxygen atoms in total. The summed E-state index contributed by atoms with van der Waals surface area (Å²) < 4.78 is 8.87. The van der Waals surface area contributed by atoms with E-state index < -0.39 is 5.41 Å². The minimum atomic E-state index is -0.510. The molecule has 1 aliphatic carbocycles. The van der Waals surface area contributed by atoms with Gasteiger partial charge in [-0.25, -0.2) is 9.97 Å². The molecule has 4 heteroatoms. The van der Waals surface area contributed by atoms with Crippen molar-refractivity contribution in [2.75, 3.05) is 0 Å². The van der Waals surface area contributed by atoms with E-state index in [1.807, 2.05) is 0 Å². The van der Waals surface area contributed by atoms with Crippen LogP contribution in [0.15, 0.2) is 170 Å². The van der Waals surface area contributed by atoms with E-state index in [-0.39, 0.29) is 0 Å². The van der Waals surface area contributed by atoms with Crippen LogP contribution >= 0.6 is 11.3 Å². The monoisotopic (exact) mass is 692 g/mol. The average molecular weight is 693 g/mol. The molecule has 12 rings (SSSR count). The molecule has 53 heavy (non-hydrogen) atoms. The number of rotatable bonds is 2. The van der Waals surface area contributed by atoms with Crippen LogP contribution in [0.4, 0.5) is 0 Å². The van der Waals surface area contributed by atoms with Crippen molar-refractivity contribution in [1.82, 2.24) is 9.97 Å². The van der Waals surface area contributed by atoms with Gasteiger partial charge >= 0.3 is 0 Å². The van der Waals surface area contributed by atoms with E-state index in [2.05, 4.69) is 170 Å². The van der Waals surface area contributed by atoms with Gasteiger partial charge in [-0.05, 0) is 74.1 Å². The number of thiophene rings is 1. The quantitative estimate of drug-likeness (QED) is 0.169. The zero-order chi connectivity index (χ0) is 34.7. The first-order chi connectivity index (χ1) is 26.3. The van der Waals surface area contributed by atoms with E-state index in [4.69, 9.17) is 14.7 Å². The van der Waals surface area contributed by atoms with Crippen LogP contribution < -0.4 is 4.74 Å². The van der Waals surface area contributed by atoms with Gasteiger partial charge in [0.15, 0.2) is 5.82 Å². The lowest BCUT2D eigenvalue weighted by molar-refractivity contribution is 0.436. The van der Waals surface area contributed by atoms with E-state index in [9.17, 15) is 0 Å². The SMILES string of the molecule is c1ccc2c(c1)Oc1ccccc1C21c2ccccc2-c2cc(-c3nc(-c4cc5ccccc5c5ccccc45)nc4c3sc3ccccc34)ccc21. The Kier molecular flexibility index (Phi) is 5.86. The fourth-order valence-electron chi connectivity index (χ4n) is 9.15. The summed E-state index contributed by atoms with van der Waals surface area (Å²) in [7, 11) is 0. The van der Waals surface area contributed by atoms with Gasteiger partial charge in [-0.3, -0.25) is 0 Å². The summed E-state index contributed by atoms with van der Waals surface area (Å²) in [6.45, 7) is 0. The van der Waals surface area contributed by atoms with Gasteiger partial charge in [0.25, 0.3) is 0 Å². The van der Waals surface area contributed by atoms with E-state index in [1.165, 1.54) is 43.1 Å². The molecule has 0 fully saturated rings. The number of ether oxygens (including phenoxy) is 1. The summed E-state index contributed by atoms with van der Waals surface area (Å²) in [6.07, 6.45) is 0. The Morgan fingerprint density at radius 2 is 1.08 bits per heavy atom. The molecule has 0 radical (unpaired) electrons. The average Bonchev–Trinajstić information content (AvgIpc) is 3.74. The number of fused-ring (bicyclic) bond motifs is 15. The molecular weight excluding hydrogens is 665 g/mol. The Morgan fingerprint density at radius 3 is 1.89 bits per heavy atom. The Balaban J connectivity index is 1.16. The zero-order valence-electron chi connectivity index (χ0n) is 28.4. The molecule has 0 amide bonds. The van der Waals surface area contributed by atoms with Crippen LogP contribution in [0.3, 0.4) is 0 Å². The second kappa shape index (κ2) is 10.7. The molecule has 0 unspecified atom stereocenters. The predicted octanol–water partition coefficient (Wildman–Crippen LogP) is 13.0. The van der Waals surface area contributed by atoms with Gasteiger partial charge in [-0.2, -0.15) is 0 Å². The maximum absolute atomic E-state index is 6.56. The van der Waals surface area contributed by atoms with E-state index >= 15 is 0 Å². The fourth-order valence-corrected chi connectivity index (χ4v) is 10.3. The molecule has 0 N–H and O–H groups in total. The summed E-state index contributed by atoms with van der Waals surface area (Å²) in [5.41, 5.74) is 10.9. The van der Waals surface area contributed by atoms with Crippen LogP contribution in [0.5, 0.6) is 11.5 Å². The Hall–Kier alpha value is -6.62. The highest BCUT2D eigenvalue weighted by atomic mass is 32.1. The molecule has 1 spiro atoms. The first kappa shape index (κ1) is 29.0. The third-order valence-electron chi connectivity index (χ3n) is 11.3. The van der Waals surface area contributed by atoms with Crippen LogP contribution in [-0.2, 0) is 5.41 Å². The summed E-state index contributed by atoms with van der Waals surface area (Å²) in [6, 6.07) is 61.0. The van der Waals surface area contributed by atoms with Crippen LogP contribution in [0.25, 0.3) is 75.6 Å². The van der Waals surface area contributed by atoms with Crippen molar-refractivity contribution >= 4 is 53.2 Å². The van der Waals surface area contributed by atoms with Crippen molar-refractivity contribution in [2.24, 2.45) is 0 Å². The normalized spacial score (nSPS) is 13.6. The van der Waals surface area contributed by atoms with Crippen molar-refractivity contribution < 1.29 is 4.74 Å². The second-order valence-electron chi connectivity index (χ2n) is 14.0. The van der Waals surface area contributed by atoms with Gasteiger partial charge in [-0.15, -0.1) is 11.3 Å². The van der Waals surface area contributed by atoms with Gasteiger partial charge in [0.05, 0.1) is 21.3 Å². The number of para-hydroxylation sites is 2. The number of hydrogen-bond acceptors (Lipinski definition) is 4. The third kappa shape index (κ3) is 3.88. The van der Waals surface area contributed by atoms with Crippen molar-refractivity contribution in [3.63, 3.8) is 0 Å². The smallest absolute Gasteiger partial charge is 0.161 e.